The summed E-state index contributed by atoms with van der Waals surface area (Å²) in [6.45, 7) is 6.81. The van der Waals surface area contributed by atoms with Crippen molar-refractivity contribution in [2.75, 3.05) is 26.2 Å². The van der Waals surface area contributed by atoms with Gasteiger partial charge in [0.2, 0.25) is 5.91 Å². The summed E-state index contributed by atoms with van der Waals surface area (Å²) in [5.41, 5.74) is 0.465. The zero-order valence-corrected chi connectivity index (χ0v) is 17.6. The van der Waals surface area contributed by atoms with Gasteiger partial charge in [-0.25, -0.2) is 4.79 Å². The fourth-order valence-electron chi connectivity index (χ4n) is 3.25. The van der Waals surface area contributed by atoms with Crippen LogP contribution in [0.4, 0.5) is 0 Å². The van der Waals surface area contributed by atoms with Gasteiger partial charge in [0.1, 0.15) is 6.04 Å². The largest absolute Gasteiger partial charge is 0.454 e. The molecule has 0 radical (unpaired) electrons. The summed E-state index contributed by atoms with van der Waals surface area (Å²) >= 11 is 0. The van der Waals surface area contributed by atoms with E-state index in [1.165, 1.54) is 17.0 Å². The van der Waals surface area contributed by atoms with Crippen molar-refractivity contribution in [2.24, 2.45) is 5.92 Å². The van der Waals surface area contributed by atoms with Gasteiger partial charge in [-0.15, -0.1) is 0 Å². The molecule has 1 aliphatic rings. The highest BCUT2D eigenvalue weighted by Gasteiger charge is 2.44. The minimum atomic E-state index is -1.16. The summed E-state index contributed by atoms with van der Waals surface area (Å²) in [6, 6.07) is 5.18. The van der Waals surface area contributed by atoms with Crippen LogP contribution >= 0.6 is 0 Å². The third kappa shape index (κ3) is 4.84. The first-order valence-corrected chi connectivity index (χ1v) is 9.90. The number of benzene rings is 1. The molecule has 1 aromatic rings. The van der Waals surface area contributed by atoms with Gasteiger partial charge in [0.15, 0.2) is 6.61 Å². The van der Waals surface area contributed by atoms with E-state index in [-0.39, 0.29) is 30.1 Å². The first kappa shape index (κ1) is 23.1. The number of hydrogen-bond acceptors (Lipinski definition) is 6. The maximum absolute atomic E-state index is 12.7. The summed E-state index contributed by atoms with van der Waals surface area (Å²) in [6.07, 6.45) is 0. The van der Waals surface area contributed by atoms with Crippen molar-refractivity contribution in [2.45, 2.75) is 33.7 Å². The SMILES string of the molecule is CCNC(=O)CN(CC)C(=O)COC(=O)[C@H](C(C)C)N1C(=O)c2ccccc2C1=O. The second kappa shape index (κ2) is 10.00. The molecule has 0 spiro atoms. The molecule has 0 unspecified atom stereocenters. The van der Waals surface area contributed by atoms with Gasteiger partial charge in [-0.1, -0.05) is 26.0 Å². The van der Waals surface area contributed by atoms with Crippen LogP contribution < -0.4 is 5.32 Å². The quantitative estimate of drug-likeness (QED) is 0.470. The number of amides is 4. The third-order valence-electron chi connectivity index (χ3n) is 4.76. The van der Waals surface area contributed by atoms with Gasteiger partial charge in [-0.2, -0.15) is 0 Å². The predicted octanol–water partition coefficient (Wildman–Crippen LogP) is 0.835. The smallest absolute Gasteiger partial charge is 0.330 e. The molecule has 2 rings (SSSR count). The Hall–Kier alpha value is -3.23. The summed E-state index contributed by atoms with van der Waals surface area (Å²) in [4.78, 5) is 64.4. The van der Waals surface area contributed by atoms with Gasteiger partial charge >= 0.3 is 5.97 Å². The molecule has 0 aromatic heterocycles. The normalized spacial score (nSPS) is 13.8. The van der Waals surface area contributed by atoms with Gasteiger partial charge < -0.3 is 15.0 Å². The lowest BCUT2D eigenvalue weighted by Gasteiger charge is -2.28. The minimum Gasteiger partial charge on any atom is -0.454 e. The Bertz CT molecular complexity index is 816. The van der Waals surface area contributed by atoms with Crippen molar-refractivity contribution in [3.05, 3.63) is 35.4 Å². The van der Waals surface area contributed by atoms with Crippen LogP contribution in [0.15, 0.2) is 24.3 Å². The highest BCUT2D eigenvalue weighted by Crippen LogP contribution is 2.27. The number of fused-ring (bicyclic) bond motifs is 1. The molecule has 1 aliphatic heterocycles. The van der Waals surface area contributed by atoms with E-state index < -0.39 is 42.3 Å². The van der Waals surface area contributed by atoms with Crippen LogP contribution in [-0.2, 0) is 19.1 Å². The third-order valence-corrected chi connectivity index (χ3v) is 4.76. The van der Waals surface area contributed by atoms with Crippen LogP contribution in [0.5, 0.6) is 0 Å². The maximum Gasteiger partial charge on any atom is 0.330 e. The highest BCUT2D eigenvalue weighted by atomic mass is 16.5. The average Bonchev–Trinajstić information content (AvgIpc) is 2.96. The number of ether oxygens (including phenoxy) is 1. The lowest BCUT2D eigenvalue weighted by Crippen LogP contribution is -2.49. The molecule has 0 saturated heterocycles. The van der Waals surface area contributed by atoms with E-state index in [0.717, 1.165) is 4.90 Å². The van der Waals surface area contributed by atoms with Crippen LogP contribution in [0, 0.1) is 5.92 Å². The number of nitrogens with zero attached hydrogens (tertiary/aromatic N) is 2. The Morgan fingerprint density at radius 1 is 1.07 bits per heavy atom. The predicted molar refractivity (Wildman–Crippen MR) is 107 cm³/mol. The number of rotatable bonds is 9. The van der Waals surface area contributed by atoms with Crippen molar-refractivity contribution in [1.29, 1.82) is 0 Å². The Labute approximate surface area is 175 Å². The van der Waals surface area contributed by atoms with E-state index in [1.54, 1.807) is 39.8 Å². The van der Waals surface area contributed by atoms with E-state index in [1.807, 2.05) is 0 Å². The van der Waals surface area contributed by atoms with E-state index in [4.69, 9.17) is 4.74 Å². The van der Waals surface area contributed by atoms with E-state index in [0.29, 0.717) is 6.54 Å². The zero-order chi connectivity index (χ0) is 22.4. The van der Waals surface area contributed by atoms with Gasteiger partial charge in [0.25, 0.3) is 17.7 Å². The lowest BCUT2D eigenvalue weighted by atomic mass is 10.0. The molecule has 1 N–H and O–H groups in total. The number of nitrogens with one attached hydrogen (secondary N) is 1. The van der Waals surface area contributed by atoms with Crippen LogP contribution in [0.3, 0.4) is 0 Å². The van der Waals surface area contributed by atoms with Gasteiger partial charge in [0.05, 0.1) is 17.7 Å². The van der Waals surface area contributed by atoms with Crippen LogP contribution in [0.25, 0.3) is 0 Å². The number of carbonyl (C=O) groups is 5. The van der Waals surface area contributed by atoms with Gasteiger partial charge in [-0.05, 0) is 31.9 Å². The number of hydrogen-bond donors (Lipinski definition) is 1. The molecule has 1 aromatic carbocycles. The number of esters is 1. The van der Waals surface area contributed by atoms with Crippen molar-refractivity contribution in [1.82, 2.24) is 15.1 Å². The Balaban J connectivity index is 2.08. The monoisotopic (exact) mass is 417 g/mol. The summed E-state index contributed by atoms with van der Waals surface area (Å²) in [5, 5.41) is 2.60. The highest BCUT2D eigenvalue weighted by molar-refractivity contribution is 6.22. The molecule has 1 atom stereocenters. The number of imide groups is 1. The first-order chi connectivity index (χ1) is 14.2. The Morgan fingerprint density at radius 3 is 2.10 bits per heavy atom. The number of carbonyl (C=O) groups excluding carboxylic acids is 5. The van der Waals surface area contributed by atoms with E-state index in [9.17, 15) is 24.0 Å². The van der Waals surface area contributed by atoms with Gasteiger partial charge in [-0.3, -0.25) is 24.1 Å². The standard InChI is InChI=1S/C21H27N3O6/c1-5-22-16(25)11-23(6-2)17(26)12-30-21(29)18(13(3)4)24-19(27)14-9-7-8-10-15(14)20(24)28/h7-10,13,18H,5-6,11-12H2,1-4H3,(H,22,25)/t18-/m0/s1. The van der Waals surface area contributed by atoms with Crippen LogP contribution in [0.2, 0.25) is 0 Å². The molecule has 9 heteroatoms. The summed E-state index contributed by atoms with van der Waals surface area (Å²) in [7, 11) is 0. The molecule has 0 bridgehead atoms. The first-order valence-electron chi connectivity index (χ1n) is 9.90. The topological polar surface area (TPSA) is 113 Å². The fraction of sp³-hybridized carbons (Fsp3) is 0.476. The maximum atomic E-state index is 12.7. The molecule has 1 heterocycles. The second-order valence-electron chi connectivity index (χ2n) is 7.18. The average molecular weight is 417 g/mol. The molecule has 162 valence electrons. The summed E-state index contributed by atoms with van der Waals surface area (Å²) in [5.74, 6) is -3.26. The molecule has 30 heavy (non-hydrogen) atoms. The van der Waals surface area contributed by atoms with Crippen molar-refractivity contribution in [3.63, 3.8) is 0 Å². The molecule has 0 aliphatic carbocycles. The molecular formula is C21H27N3O6. The minimum absolute atomic E-state index is 0.146. The molecule has 9 nitrogen and oxygen atoms in total. The van der Waals surface area contributed by atoms with Crippen LogP contribution in [0.1, 0.15) is 48.4 Å². The molecule has 0 fully saturated rings. The molecule has 0 saturated carbocycles. The van der Waals surface area contributed by atoms with E-state index in [2.05, 4.69) is 5.32 Å². The Morgan fingerprint density at radius 2 is 1.63 bits per heavy atom. The van der Waals surface area contributed by atoms with Crippen molar-refractivity contribution in [3.8, 4) is 0 Å². The van der Waals surface area contributed by atoms with Gasteiger partial charge in [0, 0.05) is 13.1 Å². The fourth-order valence-corrected chi connectivity index (χ4v) is 3.25. The molecule has 4 amide bonds. The van der Waals surface area contributed by atoms with Crippen LogP contribution in [-0.4, -0.2) is 71.7 Å². The lowest BCUT2D eigenvalue weighted by molar-refractivity contribution is -0.156. The summed E-state index contributed by atoms with van der Waals surface area (Å²) < 4.78 is 5.15. The molecular weight excluding hydrogens is 390 g/mol. The Kier molecular flexibility index (Phi) is 7.68. The number of likely N-dealkylation sites (N-methyl/N-ethyl adjacent to an activating group) is 2. The van der Waals surface area contributed by atoms with E-state index >= 15 is 0 Å². The van der Waals surface area contributed by atoms with Crippen molar-refractivity contribution < 1.29 is 28.7 Å². The zero-order valence-electron chi connectivity index (χ0n) is 17.6. The second-order valence-corrected chi connectivity index (χ2v) is 7.18. The van der Waals surface area contributed by atoms with Crippen molar-refractivity contribution >= 4 is 29.6 Å².